The highest BCUT2D eigenvalue weighted by Crippen LogP contribution is 2.35. The van der Waals surface area contributed by atoms with Crippen LogP contribution in [0.1, 0.15) is 21.5 Å². The maximum Gasteiger partial charge on any atom is 0.416 e. The van der Waals surface area contributed by atoms with Gasteiger partial charge in [0.05, 0.1) is 16.6 Å². The molecule has 0 atom stereocenters. The monoisotopic (exact) mass is 444 g/mol. The van der Waals surface area contributed by atoms with E-state index in [1.807, 2.05) is 0 Å². The minimum atomic E-state index is -4.66. The van der Waals surface area contributed by atoms with Crippen LogP contribution in [0.3, 0.4) is 0 Å². The Morgan fingerprint density at radius 3 is 2.53 bits per heavy atom. The average molecular weight is 444 g/mol. The second-order valence-corrected chi connectivity index (χ2v) is 7.04. The summed E-state index contributed by atoms with van der Waals surface area (Å²) in [4.78, 5) is 12.9. The van der Waals surface area contributed by atoms with E-state index < -0.39 is 23.5 Å². The molecular weight excluding hydrogens is 428 g/mol. The first-order valence-corrected chi connectivity index (χ1v) is 9.32. The number of rotatable bonds is 4. The summed E-state index contributed by atoms with van der Waals surface area (Å²) in [7, 11) is 0. The molecule has 32 heavy (non-hydrogen) atoms. The van der Waals surface area contributed by atoms with E-state index in [9.17, 15) is 22.4 Å². The fourth-order valence-electron chi connectivity index (χ4n) is 3.13. The minimum Gasteiger partial charge on any atom is -0.456 e. The number of benzene rings is 3. The van der Waals surface area contributed by atoms with Crippen molar-refractivity contribution in [2.24, 2.45) is 0 Å². The summed E-state index contributed by atoms with van der Waals surface area (Å²) in [6.07, 6.45) is -4.66. The molecule has 0 unspecified atom stereocenters. The van der Waals surface area contributed by atoms with Gasteiger partial charge in [0.1, 0.15) is 17.3 Å². The Balaban J connectivity index is 1.71. The van der Waals surface area contributed by atoms with Gasteiger partial charge in [0.15, 0.2) is 5.82 Å². The Morgan fingerprint density at radius 2 is 1.81 bits per heavy atom. The van der Waals surface area contributed by atoms with Gasteiger partial charge in [-0.3, -0.25) is 9.89 Å². The summed E-state index contributed by atoms with van der Waals surface area (Å²) in [5, 5.41) is 9.67. The Labute approximate surface area is 179 Å². The van der Waals surface area contributed by atoms with Crippen LogP contribution in [0.2, 0.25) is 0 Å². The van der Waals surface area contributed by atoms with Crippen LogP contribution in [0.25, 0.3) is 10.9 Å². The lowest BCUT2D eigenvalue weighted by Gasteiger charge is -2.15. The lowest BCUT2D eigenvalue weighted by atomic mass is 10.1. The molecular formula is C22H16F4N4O2. The zero-order valence-corrected chi connectivity index (χ0v) is 16.5. The number of ether oxygens (including phenoxy) is 1. The number of amides is 1. The summed E-state index contributed by atoms with van der Waals surface area (Å²) in [5.41, 5.74) is 5.76. The molecule has 0 fully saturated rings. The summed E-state index contributed by atoms with van der Waals surface area (Å²) in [5.74, 6) is -1.02. The second-order valence-electron chi connectivity index (χ2n) is 7.04. The number of hydrogen-bond acceptors (Lipinski definition) is 4. The van der Waals surface area contributed by atoms with Gasteiger partial charge in [-0.15, -0.1) is 0 Å². The van der Waals surface area contributed by atoms with Crippen LogP contribution in [0.4, 0.5) is 29.1 Å². The number of aromatic amines is 1. The highest BCUT2D eigenvalue weighted by Gasteiger charge is 2.32. The zero-order chi connectivity index (χ0) is 23.0. The van der Waals surface area contributed by atoms with Gasteiger partial charge in [-0.25, -0.2) is 4.39 Å². The van der Waals surface area contributed by atoms with Crippen LogP contribution in [-0.4, -0.2) is 16.1 Å². The number of hydrogen-bond donors (Lipinski definition) is 3. The summed E-state index contributed by atoms with van der Waals surface area (Å²) in [6.45, 7) is 1.58. The molecule has 1 amide bonds. The number of nitrogens with one attached hydrogen (secondary N) is 2. The van der Waals surface area contributed by atoms with Gasteiger partial charge in [0, 0.05) is 11.1 Å². The van der Waals surface area contributed by atoms with Crippen molar-refractivity contribution in [3.63, 3.8) is 0 Å². The highest BCUT2D eigenvalue weighted by atomic mass is 19.4. The van der Waals surface area contributed by atoms with Crippen molar-refractivity contribution in [1.29, 1.82) is 0 Å². The van der Waals surface area contributed by atoms with E-state index >= 15 is 0 Å². The van der Waals surface area contributed by atoms with Gasteiger partial charge in [-0.2, -0.15) is 18.3 Å². The van der Waals surface area contributed by atoms with Crippen LogP contribution in [0, 0.1) is 12.7 Å². The Bertz CT molecular complexity index is 1330. The number of anilines is 2. The Morgan fingerprint density at radius 1 is 1.06 bits per heavy atom. The molecule has 0 spiro atoms. The zero-order valence-electron chi connectivity index (χ0n) is 16.5. The number of nitrogens with two attached hydrogens (primary N) is 1. The van der Waals surface area contributed by atoms with E-state index in [1.165, 1.54) is 12.1 Å². The maximum atomic E-state index is 13.4. The molecule has 0 saturated heterocycles. The molecule has 0 aliphatic carbocycles. The van der Waals surface area contributed by atoms with Crippen molar-refractivity contribution in [1.82, 2.24) is 10.2 Å². The SMILES string of the molecule is Cc1cc(F)ccc1Oc1ccc(C(F)(F)F)cc1C(=O)Nc1ccc2[nH]nc(N)c2c1. The fourth-order valence-corrected chi connectivity index (χ4v) is 3.13. The first-order valence-electron chi connectivity index (χ1n) is 9.32. The highest BCUT2D eigenvalue weighted by molar-refractivity contribution is 6.07. The fraction of sp³-hybridized carbons (Fsp3) is 0.0909. The first kappa shape index (κ1) is 21.2. The number of nitrogens with zero attached hydrogens (tertiary/aromatic N) is 1. The molecule has 4 N–H and O–H groups in total. The normalized spacial score (nSPS) is 11.5. The van der Waals surface area contributed by atoms with E-state index in [0.29, 0.717) is 28.2 Å². The molecule has 164 valence electrons. The summed E-state index contributed by atoms with van der Waals surface area (Å²) in [6, 6.07) is 11.0. The molecule has 0 aliphatic heterocycles. The summed E-state index contributed by atoms with van der Waals surface area (Å²) >= 11 is 0. The van der Waals surface area contributed by atoms with Crippen LogP contribution in [0.5, 0.6) is 11.5 Å². The number of carbonyl (C=O) groups is 1. The third-order valence-corrected chi connectivity index (χ3v) is 4.76. The number of H-pyrrole nitrogens is 1. The van der Waals surface area contributed by atoms with Gasteiger partial charge >= 0.3 is 6.18 Å². The molecule has 0 bridgehead atoms. The van der Waals surface area contributed by atoms with Crippen molar-refractivity contribution >= 4 is 28.3 Å². The number of carbonyl (C=O) groups excluding carboxylic acids is 1. The smallest absolute Gasteiger partial charge is 0.416 e. The third kappa shape index (κ3) is 4.20. The quantitative estimate of drug-likeness (QED) is 0.354. The van der Waals surface area contributed by atoms with Gasteiger partial charge in [0.25, 0.3) is 5.91 Å². The number of aryl methyl sites for hydroxylation is 1. The van der Waals surface area contributed by atoms with Crippen molar-refractivity contribution in [2.45, 2.75) is 13.1 Å². The molecule has 1 aromatic heterocycles. The van der Waals surface area contributed by atoms with Crippen LogP contribution < -0.4 is 15.8 Å². The topological polar surface area (TPSA) is 93.0 Å². The van der Waals surface area contributed by atoms with Gasteiger partial charge in [0.2, 0.25) is 0 Å². The Kier molecular flexibility index (Phi) is 5.21. The lowest BCUT2D eigenvalue weighted by molar-refractivity contribution is -0.137. The molecule has 0 saturated carbocycles. The summed E-state index contributed by atoms with van der Waals surface area (Å²) < 4.78 is 58.9. The molecule has 0 aliphatic rings. The molecule has 10 heteroatoms. The average Bonchev–Trinajstić information content (AvgIpc) is 3.10. The van der Waals surface area contributed by atoms with E-state index in [0.717, 1.165) is 18.2 Å². The number of aromatic nitrogens is 2. The van der Waals surface area contributed by atoms with Crippen LogP contribution in [-0.2, 0) is 6.18 Å². The number of nitrogen functional groups attached to an aromatic ring is 1. The number of fused-ring (bicyclic) bond motifs is 1. The lowest BCUT2D eigenvalue weighted by Crippen LogP contribution is -2.15. The van der Waals surface area contributed by atoms with Crippen molar-refractivity contribution in [3.05, 3.63) is 77.1 Å². The third-order valence-electron chi connectivity index (χ3n) is 4.76. The molecule has 0 radical (unpaired) electrons. The van der Waals surface area contributed by atoms with E-state index in [2.05, 4.69) is 15.5 Å². The molecule has 6 nitrogen and oxygen atoms in total. The van der Waals surface area contributed by atoms with E-state index in [-0.39, 0.29) is 22.9 Å². The number of halogens is 4. The molecule has 4 rings (SSSR count). The molecule has 3 aromatic carbocycles. The van der Waals surface area contributed by atoms with Gasteiger partial charge in [-0.1, -0.05) is 0 Å². The predicted molar refractivity (Wildman–Crippen MR) is 111 cm³/mol. The standard InChI is InChI=1S/C22H16F4N4O2/c1-11-8-13(23)3-7-18(11)32-19-6-2-12(22(24,25)26)9-16(19)21(31)28-14-4-5-17-15(10-14)20(27)30-29-17/h2-10H,1H3,(H,28,31)(H3,27,29,30). The Hall–Kier alpha value is -4.08. The van der Waals surface area contributed by atoms with Crippen LogP contribution in [0.15, 0.2) is 54.6 Å². The minimum absolute atomic E-state index is 0.117. The predicted octanol–water partition coefficient (Wildman–Crippen LogP) is 5.66. The largest absolute Gasteiger partial charge is 0.456 e. The molecule has 4 aromatic rings. The number of alkyl halides is 3. The second kappa shape index (κ2) is 7.88. The van der Waals surface area contributed by atoms with Crippen molar-refractivity contribution < 1.29 is 27.1 Å². The van der Waals surface area contributed by atoms with Crippen LogP contribution >= 0.6 is 0 Å². The first-order chi connectivity index (χ1) is 15.1. The van der Waals surface area contributed by atoms with Crippen molar-refractivity contribution in [2.75, 3.05) is 11.1 Å². The van der Waals surface area contributed by atoms with Crippen molar-refractivity contribution in [3.8, 4) is 11.5 Å². The van der Waals surface area contributed by atoms with E-state index in [4.69, 9.17) is 10.5 Å². The van der Waals surface area contributed by atoms with Gasteiger partial charge in [-0.05, 0) is 67.1 Å². The van der Waals surface area contributed by atoms with Gasteiger partial charge < -0.3 is 15.8 Å². The maximum absolute atomic E-state index is 13.4. The van der Waals surface area contributed by atoms with E-state index in [1.54, 1.807) is 25.1 Å². The molecule has 1 heterocycles.